The van der Waals surface area contributed by atoms with Crippen LogP contribution in [0.2, 0.25) is 0 Å². The summed E-state index contributed by atoms with van der Waals surface area (Å²) in [5.41, 5.74) is 2.74. The third-order valence-electron chi connectivity index (χ3n) is 5.94. The van der Waals surface area contributed by atoms with Gasteiger partial charge in [0, 0.05) is 43.8 Å². The van der Waals surface area contributed by atoms with Crippen LogP contribution in [0.1, 0.15) is 60.8 Å². The van der Waals surface area contributed by atoms with Crippen LogP contribution in [0.15, 0.2) is 30.3 Å². The van der Waals surface area contributed by atoms with E-state index in [1.165, 1.54) is 25.0 Å². The second-order valence-corrected chi connectivity index (χ2v) is 8.50. The number of nitrogens with one attached hydrogen (secondary N) is 1. The molecule has 1 saturated carbocycles. The molecule has 150 valence electrons. The predicted molar refractivity (Wildman–Crippen MR) is 107 cm³/mol. The van der Waals surface area contributed by atoms with Crippen molar-refractivity contribution >= 4 is 5.91 Å². The van der Waals surface area contributed by atoms with Crippen molar-refractivity contribution in [2.24, 2.45) is 5.92 Å². The third kappa shape index (κ3) is 4.27. The van der Waals surface area contributed by atoms with Crippen molar-refractivity contribution in [1.82, 2.24) is 20.0 Å². The molecular formula is C22H29FN4O. The maximum Gasteiger partial charge on any atom is 0.274 e. The fraction of sp³-hybridized carbons (Fsp3) is 0.545. The van der Waals surface area contributed by atoms with Gasteiger partial charge in [-0.25, -0.2) is 4.39 Å². The fourth-order valence-corrected chi connectivity index (χ4v) is 4.11. The molecule has 2 aliphatic rings. The van der Waals surface area contributed by atoms with Crippen LogP contribution >= 0.6 is 0 Å². The Morgan fingerprint density at radius 2 is 2.00 bits per heavy atom. The van der Waals surface area contributed by atoms with Crippen LogP contribution in [0, 0.1) is 11.7 Å². The van der Waals surface area contributed by atoms with Gasteiger partial charge < -0.3 is 4.90 Å². The number of carbonyl (C=O) groups excluding carboxylic acids is 1. The van der Waals surface area contributed by atoms with Gasteiger partial charge in [-0.3, -0.25) is 14.8 Å². The van der Waals surface area contributed by atoms with Crippen molar-refractivity contribution in [2.75, 3.05) is 19.6 Å². The average molecular weight is 384 g/mol. The minimum Gasteiger partial charge on any atom is -0.336 e. The van der Waals surface area contributed by atoms with Gasteiger partial charge in [0.25, 0.3) is 5.91 Å². The molecule has 0 spiro atoms. The Bertz CT molecular complexity index is 812. The summed E-state index contributed by atoms with van der Waals surface area (Å²) in [6.07, 6.45) is 3.30. The number of aromatic amines is 1. The highest BCUT2D eigenvalue weighted by Gasteiger charge is 2.32. The lowest BCUT2D eigenvalue weighted by Gasteiger charge is -2.34. The van der Waals surface area contributed by atoms with Crippen molar-refractivity contribution in [3.63, 3.8) is 0 Å². The number of carbonyl (C=O) groups is 1. The van der Waals surface area contributed by atoms with E-state index in [0.717, 1.165) is 37.3 Å². The Morgan fingerprint density at radius 1 is 1.25 bits per heavy atom. The highest BCUT2D eigenvalue weighted by molar-refractivity contribution is 5.92. The molecule has 2 aromatic rings. The lowest BCUT2D eigenvalue weighted by Crippen LogP contribution is -2.45. The van der Waals surface area contributed by atoms with E-state index in [-0.39, 0.29) is 17.8 Å². The van der Waals surface area contributed by atoms with Gasteiger partial charge in [-0.05, 0) is 48.9 Å². The molecule has 1 aromatic heterocycles. The smallest absolute Gasteiger partial charge is 0.274 e. The Hall–Kier alpha value is -2.21. The molecule has 4 rings (SSSR count). The number of halogens is 1. The number of aromatic nitrogens is 2. The summed E-state index contributed by atoms with van der Waals surface area (Å²) in [6.45, 7) is 7.56. The summed E-state index contributed by atoms with van der Waals surface area (Å²) in [5.74, 6) is 0.793. The molecule has 6 heteroatoms. The van der Waals surface area contributed by atoms with Gasteiger partial charge in [0.2, 0.25) is 0 Å². The van der Waals surface area contributed by atoms with Gasteiger partial charge in [0.1, 0.15) is 11.5 Å². The van der Waals surface area contributed by atoms with E-state index in [0.29, 0.717) is 24.1 Å². The quantitative estimate of drug-likeness (QED) is 0.853. The molecule has 1 aliphatic carbocycles. The zero-order valence-electron chi connectivity index (χ0n) is 16.7. The topological polar surface area (TPSA) is 52.2 Å². The Balaban J connectivity index is 1.47. The maximum absolute atomic E-state index is 13.2. The average Bonchev–Trinajstić information content (AvgIpc) is 3.45. The van der Waals surface area contributed by atoms with Crippen molar-refractivity contribution in [3.8, 4) is 0 Å². The lowest BCUT2D eigenvalue weighted by atomic mass is 10.0. The fourth-order valence-electron chi connectivity index (χ4n) is 4.11. The Morgan fingerprint density at radius 3 is 2.68 bits per heavy atom. The van der Waals surface area contributed by atoms with Crippen molar-refractivity contribution in [3.05, 3.63) is 53.1 Å². The number of hydrogen-bond acceptors (Lipinski definition) is 3. The van der Waals surface area contributed by atoms with Crippen LogP contribution in [0.3, 0.4) is 0 Å². The van der Waals surface area contributed by atoms with Crippen molar-refractivity contribution < 1.29 is 9.18 Å². The number of H-pyrrole nitrogens is 1. The van der Waals surface area contributed by atoms with E-state index in [1.807, 2.05) is 23.1 Å². The first-order chi connectivity index (χ1) is 13.5. The standard InChI is InChI=1S/C22H29FN4O/c1-15(2)21-14-27(22(28)20-12-19(24-25-20)17-6-7-17)11-3-10-26(21)13-16-4-8-18(23)9-5-16/h4-5,8-9,12,15,17,21H,3,6-7,10-11,13-14H2,1-2H3,(H,24,25). The summed E-state index contributed by atoms with van der Waals surface area (Å²) in [4.78, 5) is 17.5. The van der Waals surface area contributed by atoms with Crippen LogP contribution in [-0.2, 0) is 6.54 Å². The van der Waals surface area contributed by atoms with Gasteiger partial charge in [-0.15, -0.1) is 0 Å². The molecule has 0 radical (unpaired) electrons. The summed E-state index contributed by atoms with van der Waals surface area (Å²) in [7, 11) is 0. The predicted octanol–water partition coefficient (Wildman–Crippen LogP) is 3.80. The molecule has 1 aliphatic heterocycles. The van der Waals surface area contributed by atoms with E-state index in [2.05, 4.69) is 28.9 Å². The second kappa shape index (κ2) is 8.03. The SMILES string of the molecule is CC(C)C1CN(C(=O)c2cc(C3CC3)[nH]n2)CCCN1Cc1ccc(F)cc1. The Kier molecular flexibility index (Phi) is 5.49. The first-order valence-electron chi connectivity index (χ1n) is 10.3. The van der Waals surface area contributed by atoms with Crippen LogP contribution in [0.4, 0.5) is 4.39 Å². The van der Waals surface area contributed by atoms with Gasteiger partial charge in [0.15, 0.2) is 0 Å². The highest BCUT2D eigenvalue weighted by Crippen LogP contribution is 2.39. The van der Waals surface area contributed by atoms with Gasteiger partial charge in [-0.1, -0.05) is 26.0 Å². The highest BCUT2D eigenvalue weighted by atomic mass is 19.1. The summed E-state index contributed by atoms with van der Waals surface area (Å²) in [6, 6.07) is 8.93. The molecule has 1 aromatic carbocycles. The van der Waals surface area contributed by atoms with Crippen molar-refractivity contribution in [1.29, 1.82) is 0 Å². The molecule has 5 nitrogen and oxygen atoms in total. The molecule has 2 fully saturated rings. The molecule has 1 unspecified atom stereocenters. The molecule has 2 heterocycles. The van der Waals surface area contributed by atoms with Crippen LogP contribution in [-0.4, -0.2) is 51.6 Å². The largest absolute Gasteiger partial charge is 0.336 e. The van der Waals surface area contributed by atoms with Gasteiger partial charge in [-0.2, -0.15) is 5.10 Å². The molecule has 0 bridgehead atoms. The summed E-state index contributed by atoms with van der Waals surface area (Å²) >= 11 is 0. The minimum absolute atomic E-state index is 0.0254. The van der Waals surface area contributed by atoms with E-state index in [4.69, 9.17) is 0 Å². The summed E-state index contributed by atoms with van der Waals surface area (Å²) < 4.78 is 13.2. The van der Waals surface area contributed by atoms with E-state index in [9.17, 15) is 9.18 Å². The third-order valence-corrected chi connectivity index (χ3v) is 5.94. The normalized spacial score (nSPS) is 21.1. The van der Waals surface area contributed by atoms with E-state index in [1.54, 1.807) is 0 Å². The Labute approximate surface area is 165 Å². The van der Waals surface area contributed by atoms with Crippen molar-refractivity contribution in [2.45, 2.75) is 51.6 Å². The minimum atomic E-state index is -0.207. The summed E-state index contributed by atoms with van der Waals surface area (Å²) in [5, 5.41) is 7.33. The monoisotopic (exact) mass is 384 g/mol. The zero-order chi connectivity index (χ0) is 19.7. The number of rotatable bonds is 5. The number of amides is 1. The van der Waals surface area contributed by atoms with Gasteiger partial charge in [0.05, 0.1) is 0 Å². The molecule has 1 atom stereocenters. The van der Waals surface area contributed by atoms with Crippen LogP contribution < -0.4 is 0 Å². The maximum atomic E-state index is 13.2. The first kappa shape index (κ1) is 19.1. The van der Waals surface area contributed by atoms with Crippen LogP contribution in [0.5, 0.6) is 0 Å². The molecular weight excluding hydrogens is 355 g/mol. The molecule has 1 N–H and O–H groups in total. The number of benzene rings is 1. The van der Waals surface area contributed by atoms with E-state index < -0.39 is 0 Å². The van der Waals surface area contributed by atoms with E-state index >= 15 is 0 Å². The molecule has 28 heavy (non-hydrogen) atoms. The molecule has 1 saturated heterocycles. The lowest BCUT2D eigenvalue weighted by molar-refractivity contribution is 0.0696. The van der Waals surface area contributed by atoms with Gasteiger partial charge >= 0.3 is 0 Å². The molecule has 1 amide bonds. The first-order valence-corrected chi connectivity index (χ1v) is 10.3. The number of nitrogens with zero attached hydrogens (tertiary/aromatic N) is 3. The van der Waals surface area contributed by atoms with Crippen LogP contribution in [0.25, 0.3) is 0 Å². The number of hydrogen-bond donors (Lipinski definition) is 1. The second-order valence-electron chi connectivity index (χ2n) is 8.50. The zero-order valence-corrected chi connectivity index (χ0v) is 16.7.